The number of hydrogen-bond donors (Lipinski definition) is 0. The van der Waals surface area contributed by atoms with Crippen LogP contribution in [0.4, 0.5) is 0 Å². The van der Waals surface area contributed by atoms with Crippen molar-refractivity contribution in [2.75, 3.05) is 7.11 Å². The van der Waals surface area contributed by atoms with E-state index in [-0.39, 0.29) is 11.9 Å². The highest BCUT2D eigenvalue weighted by Crippen LogP contribution is 2.25. The predicted molar refractivity (Wildman–Crippen MR) is 50.7 cm³/mol. The van der Waals surface area contributed by atoms with Crippen molar-refractivity contribution >= 4 is 5.97 Å². The van der Waals surface area contributed by atoms with Crippen molar-refractivity contribution in [1.29, 1.82) is 0 Å². The highest BCUT2D eigenvalue weighted by atomic mass is 16.5. The highest BCUT2D eigenvalue weighted by molar-refractivity contribution is 5.73. The van der Waals surface area contributed by atoms with E-state index >= 15 is 0 Å². The Bertz CT molecular complexity index is 357. The molecule has 0 spiro atoms. The molecular weight excluding hydrogens is 180 g/mol. The number of carbonyl (C=O) groups is 1. The lowest BCUT2D eigenvalue weighted by Gasteiger charge is -2.19. The molecule has 1 atom stereocenters. The Morgan fingerprint density at radius 1 is 1.71 bits per heavy atom. The quantitative estimate of drug-likeness (QED) is 0.618. The summed E-state index contributed by atoms with van der Waals surface area (Å²) >= 11 is 0. The van der Waals surface area contributed by atoms with Gasteiger partial charge in [-0.1, -0.05) is 0 Å². The summed E-state index contributed by atoms with van der Waals surface area (Å²) in [6.45, 7) is 0. The zero-order valence-electron chi connectivity index (χ0n) is 8.49. The third-order valence-corrected chi connectivity index (χ3v) is 2.88. The predicted octanol–water partition coefficient (Wildman–Crippen LogP) is 0.698. The van der Waals surface area contributed by atoms with Gasteiger partial charge in [0.05, 0.1) is 19.2 Å². The number of ether oxygens (including phenoxy) is 1. The summed E-state index contributed by atoms with van der Waals surface area (Å²) in [5, 5.41) is 4.18. The number of rotatable bonds is 1. The minimum atomic E-state index is -0.0977. The summed E-state index contributed by atoms with van der Waals surface area (Å²) in [6.07, 6.45) is 4.42. The number of methoxy groups -OCH3 is 1. The highest BCUT2D eigenvalue weighted by Gasteiger charge is 2.27. The average molecular weight is 194 g/mol. The van der Waals surface area contributed by atoms with Gasteiger partial charge in [-0.15, -0.1) is 0 Å². The summed E-state index contributed by atoms with van der Waals surface area (Å²) in [5.41, 5.74) is 2.44. The number of esters is 1. The van der Waals surface area contributed by atoms with E-state index in [1.807, 2.05) is 17.9 Å². The first kappa shape index (κ1) is 9.24. The molecule has 4 nitrogen and oxygen atoms in total. The molecule has 4 heteroatoms. The van der Waals surface area contributed by atoms with Crippen LogP contribution < -0.4 is 0 Å². The van der Waals surface area contributed by atoms with E-state index in [9.17, 15) is 4.79 Å². The summed E-state index contributed by atoms with van der Waals surface area (Å²) in [5.74, 6) is -0.0730. The van der Waals surface area contributed by atoms with Gasteiger partial charge in [-0.25, -0.2) is 0 Å². The normalized spacial score (nSPS) is 20.3. The first-order valence-corrected chi connectivity index (χ1v) is 4.80. The van der Waals surface area contributed by atoms with E-state index in [0.717, 1.165) is 19.3 Å². The lowest BCUT2D eigenvalue weighted by atomic mass is 9.88. The van der Waals surface area contributed by atoms with Gasteiger partial charge >= 0.3 is 5.97 Å². The fourth-order valence-corrected chi connectivity index (χ4v) is 2.05. The van der Waals surface area contributed by atoms with Crippen molar-refractivity contribution in [3.05, 3.63) is 17.5 Å². The molecule has 0 amide bonds. The van der Waals surface area contributed by atoms with Crippen molar-refractivity contribution in [3.8, 4) is 0 Å². The van der Waals surface area contributed by atoms with Crippen molar-refractivity contribution in [2.45, 2.75) is 19.3 Å². The molecule has 1 heterocycles. The number of nitrogens with zero attached hydrogens (tertiary/aromatic N) is 2. The third kappa shape index (κ3) is 1.41. The van der Waals surface area contributed by atoms with Crippen LogP contribution >= 0.6 is 0 Å². The maximum absolute atomic E-state index is 11.3. The van der Waals surface area contributed by atoms with Crippen molar-refractivity contribution in [2.24, 2.45) is 13.0 Å². The molecule has 0 fully saturated rings. The molecule has 1 aliphatic rings. The van der Waals surface area contributed by atoms with Gasteiger partial charge in [0.25, 0.3) is 0 Å². The van der Waals surface area contributed by atoms with Crippen molar-refractivity contribution in [3.63, 3.8) is 0 Å². The standard InChI is InChI=1S/C10H14N2O2/c1-12-9-4-3-7(10(13)14-2)5-8(9)6-11-12/h6-7H,3-5H2,1-2H3. The number of aryl methyl sites for hydroxylation is 1. The fraction of sp³-hybridized carbons (Fsp3) is 0.600. The largest absolute Gasteiger partial charge is 0.469 e. The molecule has 14 heavy (non-hydrogen) atoms. The third-order valence-electron chi connectivity index (χ3n) is 2.88. The topological polar surface area (TPSA) is 44.1 Å². The number of fused-ring (bicyclic) bond motifs is 1. The molecule has 0 saturated heterocycles. The Balaban J connectivity index is 2.18. The summed E-state index contributed by atoms with van der Waals surface area (Å²) in [7, 11) is 3.39. The van der Waals surface area contributed by atoms with Gasteiger partial charge < -0.3 is 4.74 Å². The molecule has 0 saturated carbocycles. The Morgan fingerprint density at radius 2 is 2.50 bits per heavy atom. The Labute approximate surface area is 82.9 Å². The molecule has 0 N–H and O–H groups in total. The van der Waals surface area contributed by atoms with Crippen LogP contribution in [0.15, 0.2) is 6.20 Å². The Morgan fingerprint density at radius 3 is 3.21 bits per heavy atom. The zero-order valence-corrected chi connectivity index (χ0v) is 8.49. The molecule has 2 rings (SSSR count). The lowest BCUT2D eigenvalue weighted by Crippen LogP contribution is -2.24. The fourth-order valence-electron chi connectivity index (χ4n) is 2.05. The van der Waals surface area contributed by atoms with Gasteiger partial charge in [-0.05, 0) is 24.8 Å². The first-order valence-electron chi connectivity index (χ1n) is 4.80. The number of aromatic nitrogens is 2. The smallest absolute Gasteiger partial charge is 0.309 e. The minimum Gasteiger partial charge on any atom is -0.469 e. The number of carbonyl (C=O) groups excluding carboxylic acids is 1. The minimum absolute atomic E-state index is 0.0247. The molecule has 1 aromatic heterocycles. The van der Waals surface area contributed by atoms with E-state index in [1.165, 1.54) is 18.4 Å². The maximum Gasteiger partial charge on any atom is 0.309 e. The SMILES string of the molecule is COC(=O)C1CCc2c(cnn2C)C1. The first-order chi connectivity index (χ1) is 6.72. The van der Waals surface area contributed by atoms with Crippen LogP contribution in [0.1, 0.15) is 17.7 Å². The van der Waals surface area contributed by atoms with Crippen molar-refractivity contribution < 1.29 is 9.53 Å². The molecule has 0 bridgehead atoms. The summed E-state index contributed by atoms with van der Waals surface area (Å²) in [6, 6.07) is 0. The van der Waals surface area contributed by atoms with Crippen LogP contribution in [-0.4, -0.2) is 22.9 Å². The van der Waals surface area contributed by atoms with Crippen LogP contribution in [0, 0.1) is 5.92 Å². The van der Waals surface area contributed by atoms with Gasteiger partial charge in [-0.3, -0.25) is 9.48 Å². The van der Waals surface area contributed by atoms with Crippen molar-refractivity contribution in [1.82, 2.24) is 9.78 Å². The maximum atomic E-state index is 11.3. The summed E-state index contributed by atoms with van der Waals surface area (Å²) < 4.78 is 6.64. The van der Waals surface area contributed by atoms with Gasteiger partial charge in [0, 0.05) is 12.7 Å². The Hall–Kier alpha value is -1.32. The lowest BCUT2D eigenvalue weighted by molar-refractivity contribution is -0.145. The second kappa shape index (κ2) is 3.44. The van der Waals surface area contributed by atoms with Gasteiger partial charge in [0.1, 0.15) is 0 Å². The van der Waals surface area contributed by atoms with Crippen LogP contribution in [0.2, 0.25) is 0 Å². The average Bonchev–Trinajstić information content (AvgIpc) is 2.59. The second-order valence-electron chi connectivity index (χ2n) is 3.70. The molecule has 0 radical (unpaired) electrons. The molecular formula is C10H14N2O2. The van der Waals surface area contributed by atoms with Gasteiger partial charge in [0.2, 0.25) is 0 Å². The van der Waals surface area contributed by atoms with E-state index in [1.54, 1.807) is 0 Å². The van der Waals surface area contributed by atoms with Crippen LogP contribution in [0.5, 0.6) is 0 Å². The Kier molecular flexibility index (Phi) is 2.27. The van der Waals surface area contributed by atoms with E-state index in [0.29, 0.717) is 0 Å². The van der Waals surface area contributed by atoms with Gasteiger partial charge in [-0.2, -0.15) is 5.10 Å². The number of hydrogen-bond acceptors (Lipinski definition) is 3. The van der Waals surface area contributed by atoms with Gasteiger partial charge in [0.15, 0.2) is 0 Å². The van der Waals surface area contributed by atoms with E-state index in [2.05, 4.69) is 5.10 Å². The molecule has 76 valence electrons. The molecule has 0 aliphatic heterocycles. The summed E-state index contributed by atoms with van der Waals surface area (Å²) in [4.78, 5) is 11.3. The zero-order chi connectivity index (χ0) is 10.1. The monoisotopic (exact) mass is 194 g/mol. The van der Waals surface area contributed by atoms with E-state index < -0.39 is 0 Å². The molecule has 1 unspecified atom stereocenters. The van der Waals surface area contributed by atoms with Crippen LogP contribution in [0.25, 0.3) is 0 Å². The second-order valence-corrected chi connectivity index (χ2v) is 3.70. The van der Waals surface area contributed by atoms with E-state index in [4.69, 9.17) is 4.74 Å². The molecule has 1 aromatic rings. The van der Waals surface area contributed by atoms with Crippen LogP contribution in [-0.2, 0) is 29.4 Å². The molecule has 1 aliphatic carbocycles. The van der Waals surface area contributed by atoms with Crippen LogP contribution in [0.3, 0.4) is 0 Å². The molecule has 0 aromatic carbocycles.